The number of rotatable bonds is 6. The van der Waals surface area contributed by atoms with Crippen molar-refractivity contribution < 1.29 is 32.2 Å². The Bertz CT molecular complexity index is 607. The number of ether oxygens (including phenoxy) is 1. The molecule has 1 aromatic rings. The maximum atomic E-state index is 12.9. The number of carbonyl (C=O) groups excluding carboxylic acids is 1. The van der Waals surface area contributed by atoms with E-state index in [0.29, 0.717) is 25.9 Å². The van der Waals surface area contributed by atoms with Gasteiger partial charge in [0.2, 0.25) is 6.10 Å². The van der Waals surface area contributed by atoms with Crippen LogP contribution < -0.4 is 0 Å². The number of alkyl halides is 3. The summed E-state index contributed by atoms with van der Waals surface area (Å²) in [4.78, 5) is 14.0. The molecule has 0 saturated carbocycles. The van der Waals surface area contributed by atoms with E-state index in [9.17, 15) is 22.4 Å². The van der Waals surface area contributed by atoms with Crippen LogP contribution in [0.2, 0.25) is 0 Å². The van der Waals surface area contributed by atoms with Crippen LogP contribution in [-0.4, -0.2) is 66.0 Å². The van der Waals surface area contributed by atoms with Gasteiger partial charge in [-0.05, 0) is 62.0 Å². The van der Waals surface area contributed by atoms with Crippen LogP contribution in [0, 0.1) is 11.7 Å². The minimum Gasteiger partial charge on any atom is -0.434 e. The first kappa shape index (κ1) is 21.8. The van der Waals surface area contributed by atoms with Gasteiger partial charge in [0.05, 0.1) is 6.61 Å². The van der Waals surface area contributed by atoms with Crippen LogP contribution in [0.4, 0.5) is 22.4 Å². The summed E-state index contributed by atoms with van der Waals surface area (Å²) in [6.07, 6.45) is -7.07. The number of benzene rings is 1. The van der Waals surface area contributed by atoms with Gasteiger partial charge in [0, 0.05) is 24.5 Å². The fourth-order valence-electron chi connectivity index (χ4n) is 2.78. The van der Waals surface area contributed by atoms with Crippen molar-refractivity contribution in [1.82, 2.24) is 9.21 Å². The summed E-state index contributed by atoms with van der Waals surface area (Å²) >= 11 is 1.48. The van der Waals surface area contributed by atoms with E-state index in [1.807, 2.05) is 11.4 Å². The predicted octanol–water partition coefficient (Wildman–Crippen LogP) is 3.54. The molecule has 1 aliphatic rings. The average Bonchev–Trinajstić information content (AvgIpc) is 2.61. The number of amides is 1. The Morgan fingerprint density at radius 3 is 2.44 bits per heavy atom. The number of likely N-dealkylation sites (tertiary alicyclic amines) is 1. The molecule has 1 amide bonds. The van der Waals surface area contributed by atoms with E-state index in [1.165, 1.54) is 29.0 Å². The predicted molar refractivity (Wildman–Crippen MR) is 92.6 cm³/mol. The molecule has 1 aliphatic heterocycles. The molecule has 1 saturated heterocycles. The molecular weight excluding hydrogens is 388 g/mol. The summed E-state index contributed by atoms with van der Waals surface area (Å²) in [5.41, 5.74) is 0. The minimum atomic E-state index is -4.79. The smallest absolute Gasteiger partial charge is 0.427 e. The van der Waals surface area contributed by atoms with E-state index in [1.54, 1.807) is 12.1 Å². The molecule has 1 aromatic carbocycles. The van der Waals surface area contributed by atoms with Crippen molar-refractivity contribution >= 4 is 18.0 Å². The first-order chi connectivity index (χ1) is 12.7. The van der Waals surface area contributed by atoms with Crippen LogP contribution in [-0.2, 0) is 4.74 Å². The van der Waals surface area contributed by atoms with Crippen molar-refractivity contribution in [3.05, 3.63) is 30.1 Å². The van der Waals surface area contributed by atoms with E-state index in [-0.39, 0.29) is 11.7 Å². The second kappa shape index (κ2) is 9.61. The molecule has 0 radical (unpaired) electrons. The van der Waals surface area contributed by atoms with E-state index in [0.717, 1.165) is 11.4 Å². The number of aliphatic hydroxyl groups excluding tert-OH is 1. The van der Waals surface area contributed by atoms with Gasteiger partial charge >= 0.3 is 12.3 Å². The first-order valence-electron chi connectivity index (χ1n) is 8.47. The van der Waals surface area contributed by atoms with E-state index < -0.39 is 25.0 Å². The summed E-state index contributed by atoms with van der Waals surface area (Å²) in [5, 5.41) is 8.74. The highest BCUT2D eigenvalue weighted by atomic mass is 32.2. The lowest BCUT2D eigenvalue weighted by Gasteiger charge is -2.33. The molecule has 27 heavy (non-hydrogen) atoms. The highest BCUT2D eigenvalue weighted by Gasteiger charge is 2.43. The van der Waals surface area contributed by atoms with Gasteiger partial charge in [0.1, 0.15) is 5.82 Å². The monoisotopic (exact) mass is 410 g/mol. The van der Waals surface area contributed by atoms with E-state index in [2.05, 4.69) is 4.74 Å². The van der Waals surface area contributed by atoms with Gasteiger partial charge < -0.3 is 14.7 Å². The lowest BCUT2D eigenvalue weighted by molar-refractivity contribution is -0.214. The topological polar surface area (TPSA) is 53.0 Å². The van der Waals surface area contributed by atoms with Gasteiger partial charge in [-0.3, -0.25) is 0 Å². The van der Waals surface area contributed by atoms with Gasteiger partial charge in [-0.1, -0.05) is 0 Å². The molecule has 0 bridgehead atoms. The third kappa shape index (κ3) is 6.86. The molecule has 1 unspecified atom stereocenters. The first-order valence-corrected chi connectivity index (χ1v) is 9.24. The Morgan fingerprint density at radius 2 is 1.93 bits per heavy atom. The molecular formula is C17H22F4N2O3S. The Hall–Kier alpha value is -1.52. The van der Waals surface area contributed by atoms with Crippen LogP contribution in [0.25, 0.3) is 0 Å². The quantitative estimate of drug-likeness (QED) is 0.574. The second-order valence-corrected chi connectivity index (χ2v) is 7.66. The van der Waals surface area contributed by atoms with Gasteiger partial charge in [-0.2, -0.15) is 13.2 Å². The number of hydrogen-bond acceptors (Lipinski definition) is 5. The Labute approximate surface area is 159 Å². The molecule has 0 aromatic heterocycles. The highest BCUT2D eigenvalue weighted by Crippen LogP contribution is 2.27. The van der Waals surface area contributed by atoms with Crippen molar-refractivity contribution in [2.75, 3.05) is 33.3 Å². The number of halogens is 4. The summed E-state index contributed by atoms with van der Waals surface area (Å²) in [6, 6.07) is 6.16. The highest BCUT2D eigenvalue weighted by molar-refractivity contribution is 7.97. The standard InChI is InChI=1S/C17H22F4N2O3S/c1-22(27-14-4-2-13(18)3-5-14)10-12-6-8-23(9-7-12)16(25)26-15(11-24)17(19,20)21/h2-5,12,15,24H,6-11H2,1H3. The van der Waals surface area contributed by atoms with Crippen LogP contribution >= 0.6 is 11.9 Å². The number of carbonyl (C=O) groups is 1. The summed E-state index contributed by atoms with van der Waals surface area (Å²) in [5.74, 6) is -0.0153. The second-order valence-electron chi connectivity index (χ2n) is 6.38. The maximum absolute atomic E-state index is 12.9. The fourth-order valence-corrected chi connectivity index (χ4v) is 3.68. The van der Waals surface area contributed by atoms with Crippen molar-refractivity contribution in [3.8, 4) is 0 Å². The molecule has 2 rings (SSSR count). The largest absolute Gasteiger partial charge is 0.434 e. The Morgan fingerprint density at radius 1 is 1.33 bits per heavy atom. The third-order valence-corrected chi connectivity index (χ3v) is 5.18. The average molecular weight is 410 g/mol. The van der Waals surface area contributed by atoms with Gasteiger partial charge in [0.15, 0.2) is 0 Å². The van der Waals surface area contributed by atoms with Crippen LogP contribution in [0.15, 0.2) is 29.2 Å². The van der Waals surface area contributed by atoms with Gasteiger partial charge in [0.25, 0.3) is 0 Å². The summed E-state index contributed by atoms with van der Waals surface area (Å²) in [6.45, 7) is 0.0347. The zero-order valence-electron chi connectivity index (χ0n) is 14.8. The maximum Gasteiger partial charge on any atom is 0.427 e. The Kier molecular flexibility index (Phi) is 7.75. The van der Waals surface area contributed by atoms with Gasteiger partial charge in [-0.25, -0.2) is 13.5 Å². The van der Waals surface area contributed by atoms with Crippen LogP contribution in [0.5, 0.6) is 0 Å². The Balaban J connectivity index is 1.75. The molecule has 1 heterocycles. The van der Waals surface area contributed by atoms with Crippen molar-refractivity contribution in [2.45, 2.75) is 30.0 Å². The van der Waals surface area contributed by atoms with E-state index >= 15 is 0 Å². The zero-order chi connectivity index (χ0) is 20.0. The molecule has 1 atom stereocenters. The molecule has 1 fully saturated rings. The van der Waals surface area contributed by atoms with Gasteiger partial charge in [-0.15, -0.1) is 0 Å². The van der Waals surface area contributed by atoms with E-state index in [4.69, 9.17) is 5.11 Å². The molecule has 0 spiro atoms. The normalized spacial score (nSPS) is 17.2. The fraction of sp³-hybridized carbons (Fsp3) is 0.588. The summed E-state index contributed by atoms with van der Waals surface area (Å²) in [7, 11) is 1.91. The van der Waals surface area contributed by atoms with Crippen molar-refractivity contribution in [2.24, 2.45) is 5.92 Å². The lowest BCUT2D eigenvalue weighted by Crippen LogP contribution is -2.45. The molecule has 0 aliphatic carbocycles. The van der Waals surface area contributed by atoms with Crippen LogP contribution in [0.1, 0.15) is 12.8 Å². The number of nitrogens with zero attached hydrogens (tertiary/aromatic N) is 2. The number of piperidine rings is 1. The zero-order valence-corrected chi connectivity index (χ0v) is 15.6. The third-order valence-electron chi connectivity index (χ3n) is 4.24. The minimum absolute atomic E-state index is 0.281. The summed E-state index contributed by atoms with van der Waals surface area (Å²) < 4.78 is 57.0. The van der Waals surface area contributed by atoms with Crippen LogP contribution in [0.3, 0.4) is 0 Å². The molecule has 5 nitrogen and oxygen atoms in total. The molecule has 1 N–H and O–H groups in total. The van der Waals surface area contributed by atoms with Crippen molar-refractivity contribution in [1.29, 1.82) is 0 Å². The molecule has 152 valence electrons. The SMILES string of the molecule is CN(CC1CCN(C(=O)OC(CO)C(F)(F)F)CC1)Sc1ccc(F)cc1. The molecule has 10 heteroatoms. The lowest BCUT2D eigenvalue weighted by atomic mass is 9.97. The number of aliphatic hydroxyl groups is 1. The number of hydrogen-bond donors (Lipinski definition) is 1. The van der Waals surface area contributed by atoms with Crippen molar-refractivity contribution in [3.63, 3.8) is 0 Å².